The van der Waals surface area contributed by atoms with Gasteiger partial charge in [0.25, 0.3) is 0 Å². The van der Waals surface area contributed by atoms with E-state index < -0.39 is 5.97 Å². The molecule has 3 heteroatoms. The molecular formula is C16H11NO2. The quantitative estimate of drug-likeness (QED) is 0.754. The summed E-state index contributed by atoms with van der Waals surface area (Å²) in [6.45, 7) is 0. The van der Waals surface area contributed by atoms with Crippen molar-refractivity contribution in [2.75, 3.05) is 0 Å². The van der Waals surface area contributed by atoms with E-state index in [9.17, 15) is 9.90 Å². The van der Waals surface area contributed by atoms with E-state index in [0.717, 1.165) is 16.3 Å². The second kappa shape index (κ2) is 4.53. The van der Waals surface area contributed by atoms with Crippen LogP contribution in [0.3, 0.4) is 0 Å². The molecule has 92 valence electrons. The van der Waals surface area contributed by atoms with Crippen LogP contribution in [0.5, 0.6) is 0 Å². The number of aromatic carboxylic acids is 1. The van der Waals surface area contributed by atoms with Crippen LogP contribution in [0.4, 0.5) is 0 Å². The maximum Gasteiger partial charge on any atom is 0.336 e. The number of rotatable bonds is 2. The monoisotopic (exact) mass is 249 g/mol. The highest BCUT2D eigenvalue weighted by atomic mass is 16.4. The fourth-order valence-corrected chi connectivity index (χ4v) is 2.26. The Bertz CT molecular complexity index is 751. The van der Waals surface area contributed by atoms with E-state index >= 15 is 0 Å². The summed E-state index contributed by atoms with van der Waals surface area (Å²) in [7, 11) is 0. The van der Waals surface area contributed by atoms with Crippen LogP contribution >= 0.6 is 0 Å². The Hall–Kier alpha value is -2.68. The van der Waals surface area contributed by atoms with Gasteiger partial charge in [-0.2, -0.15) is 0 Å². The molecule has 0 amide bonds. The Morgan fingerprint density at radius 1 is 1.00 bits per heavy atom. The van der Waals surface area contributed by atoms with E-state index in [-0.39, 0.29) is 0 Å². The lowest BCUT2D eigenvalue weighted by Gasteiger charge is -2.09. The van der Waals surface area contributed by atoms with Gasteiger partial charge in [-0.05, 0) is 22.4 Å². The lowest BCUT2D eigenvalue weighted by atomic mass is 9.95. The van der Waals surface area contributed by atoms with Gasteiger partial charge in [0, 0.05) is 18.0 Å². The maximum absolute atomic E-state index is 11.6. The van der Waals surface area contributed by atoms with Gasteiger partial charge in [-0.1, -0.05) is 42.5 Å². The number of fused-ring (bicyclic) bond motifs is 1. The van der Waals surface area contributed by atoms with E-state index in [2.05, 4.69) is 4.98 Å². The maximum atomic E-state index is 11.6. The molecule has 0 radical (unpaired) electrons. The number of carboxylic acid groups (broad SMARTS) is 1. The SMILES string of the molecule is O=C(O)c1c(-c2cccnc2)ccc2ccccc12. The minimum atomic E-state index is -0.921. The first-order chi connectivity index (χ1) is 9.27. The molecule has 0 saturated heterocycles. The number of benzene rings is 2. The van der Waals surface area contributed by atoms with Crippen molar-refractivity contribution in [2.24, 2.45) is 0 Å². The average molecular weight is 249 g/mol. The van der Waals surface area contributed by atoms with Crippen molar-refractivity contribution in [1.29, 1.82) is 0 Å². The lowest BCUT2D eigenvalue weighted by molar-refractivity contribution is 0.0700. The summed E-state index contributed by atoms with van der Waals surface area (Å²) in [6, 6.07) is 14.9. The number of pyridine rings is 1. The standard InChI is InChI=1S/C16H11NO2/c18-16(19)15-13-6-2-1-4-11(13)7-8-14(15)12-5-3-9-17-10-12/h1-10H,(H,18,19). The third-order valence-electron chi connectivity index (χ3n) is 3.12. The van der Waals surface area contributed by atoms with Gasteiger partial charge in [0.15, 0.2) is 0 Å². The smallest absolute Gasteiger partial charge is 0.336 e. The summed E-state index contributed by atoms with van der Waals surface area (Å²) in [5.41, 5.74) is 1.83. The number of carboxylic acids is 1. The summed E-state index contributed by atoms with van der Waals surface area (Å²) >= 11 is 0. The minimum Gasteiger partial charge on any atom is -0.478 e. The molecular weight excluding hydrogens is 238 g/mol. The molecule has 0 spiro atoms. The van der Waals surface area contributed by atoms with E-state index in [4.69, 9.17) is 0 Å². The highest BCUT2D eigenvalue weighted by molar-refractivity contribution is 6.09. The Kier molecular flexibility index (Phi) is 2.72. The number of hydrogen-bond donors (Lipinski definition) is 1. The number of hydrogen-bond acceptors (Lipinski definition) is 2. The van der Waals surface area contributed by atoms with Crippen molar-refractivity contribution < 1.29 is 9.90 Å². The van der Waals surface area contributed by atoms with Crippen molar-refractivity contribution in [3.63, 3.8) is 0 Å². The van der Waals surface area contributed by atoms with Gasteiger partial charge in [-0.15, -0.1) is 0 Å². The van der Waals surface area contributed by atoms with Crippen LogP contribution in [-0.4, -0.2) is 16.1 Å². The van der Waals surface area contributed by atoms with Crippen LogP contribution in [0.1, 0.15) is 10.4 Å². The van der Waals surface area contributed by atoms with Crippen LogP contribution in [0.2, 0.25) is 0 Å². The topological polar surface area (TPSA) is 50.2 Å². The first kappa shape index (κ1) is 11.4. The van der Waals surface area contributed by atoms with E-state index in [1.165, 1.54) is 0 Å². The Labute approximate surface area is 110 Å². The van der Waals surface area contributed by atoms with Gasteiger partial charge in [0.05, 0.1) is 5.56 Å². The van der Waals surface area contributed by atoms with Gasteiger partial charge in [0.1, 0.15) is 0 Å². The molecule has 0 aliphatic rings. The summed E-state index contributed by atoms with van der Waals surface area (Å²) in [4.78, 5) is 15.6. The summed E-state index contributed by atoms with van der Waals surface area (Å²) in [5, 5.41) is 11.2. The van der Waals surface area contributed by atoms with Crippen molar-refractivity contribution >= 4 is 16.7 Å². The zero-order valence-corrected chi connectivity index (χ0v) is 10.1. The van der Waals surface area contributed by atoms with Crippen LogP contribution in [0.25, 0.3) is 21.9 Å². The van der Waals surface area contributed by atoms with Gasteiger partial charge in [-0.25, -0.2) is 4.79 Å². The van der Waals surface area contributed by atoms with Crippen molar-refractivity contribution in [2.45, 2.75) is 0 Å². The van der Waals surface area contributed by atoms with Crippen LogP contribution < -0.4 is 0 Å². The zero-order valence-electron chi connectivity index (χ0n) is 10.1. The zero-order chi connectivity index (χ0) is 13.2. The number of carbonyl (C=O) groups is 1. The van der Waals surface area contributed by atoms with E-state index in [0.29, 0.717) is 11.1 Å². The predicted octanol–water partition coefficient (Wildman–Crippen LogP) is 3.60. The lowest BCUT2D eigenvalue weighted by Crippen LogP contribution is -2.01. The first-order valence-corrected chi connectivity index (χ1v) is 5.93. The largest absolute Gasteiger partial charge is 0.478 e. The molecule has 3 nitrogen and oxygen atoms in total. The van der Waals surface area contributed by atoms with Crippen LogP contribution in [0, 0.1) is 0 Å². The van der Waals surface area contributed by atoms with Gasteiger partial charge < -0.3 is 5.11 Å². The second-order valence-electron chi connectivity index (χ2n) is 4.26. The molecule has 0 fully saturated rings. The number of aromatic nitrogens is 1. The van der Waals surface area contributed by atoms with Crippen LogP contribution in [0.15, 0.2) is 60.9 Å². The molecule has 0 unspecified atom stereocenters. The van der Waals surface area contributed by atoms with Crippen molar-refractivity contribution in [3.8, 4) is 11.1 Å². The number of nitrogens with zero attached hydrogens (tertiary/aromatic N) is 1. The Morgan fingerprint density at radius 3 is 2.58 bits per heavy atom. The fraction of sp³-hybridized carbons (Fsp3) is 0. The van der Waals surface area contributed by atoms with Crippen molar-refractivity contribution in [3.05, 3.63) is 66.5 Å². The molecule has 1 N–H and O–H groups in total. The molecule has 1 heterocycles. The van der Waals surface area contributed by atoms with E-state index in [1.54, 1.807) is 18.5 Å². The molecule has 3 aromatic rings. The first-order valence-electron chi connectivity index (χ1n) is 5.93. The summed E-state index contributed by atoms with van der Waals surface area (Å²) in [5.74, 6) is -0.921. The third-order valence-corrected chi connectivity index (χ3v) is 3.12. The van der Waals surface area contributed by atoms with Gasteiger partial charge in [-0.3, -0.25) is 4.98 Å². The molecule has 2 aromatic carbocycles. The van der Waals surface area contributed by atoms with Crippen molar-refractivity contribution in [1.82, 2.24) is 4.98 Å². The molecule has 3 rings (SSSR count). The molecule has 0 atom stereocenters. The Balaban J connectivity index is 2.37. The molecule has 1 aromatic heterocycles. The minimum absolute atomic E-state index is 0.325. The fourth-order valence-electron chi connectivity index (χ4n) is 2.26. The molecule has 19 heavy (non-hydrogen) atoms. The average Bonchev–Trinajstić information content (AvgIpc) is 2.46. The van der Waals surface area contributed by atoms with Crippen LogP contribution in [-0.2, 0) is 0 Å². The van der Waals surface area contributed by atoms with E-state index in [1.807, 2.05) is 42.5 Å². The van der Waals surface area contributed by atoms with Gasteiger partial charge in [0.2, 0.25) is 0 Å². The second-order valence-corrected chi connectivity index (χ2v) is 4.26. The predicted molar refractivity (Wildman–Crippen MR) is 74.1 cm³/mol. The summed E-state index contributed by atoms with van der Waals surface area (Å²) < 4.78 is 0. The highest BCUT2D eigenvalue weighted by Gasteiger charge is 2.15. The Morgan fingerprint density at radius 2 is 1.84 bits per heavy atom. The molecule has 0 aliphatic carbocycles. The third kappa shape index (κ3) is 1.95. The molecule has 0 bridgehead atoms. The molecule has 0 aliphatic heterocycles. The molecule has 0 saturated carbocycles. The normalized spacial score (nSPS) is 10.5. The highest BCUT2D eigenvalue weighted by Crippen LogP contribution is 2.29. The van der Waals surface area contributed by atoms with Gasteiger partial charge >= 0.3 is 5.97 Å². The summed E-state index contributed by atoms with van der Waals surface area (Å²) in [6.07, 6.45) is 3.35.